The average Bonchev–Trinajstić information content (AvgIpc) is 2.57. The lowest BCUT2D eigenvalue weighted by Crippen LogP contribution is -1.95. The maximum Gasteiger partial charge on any atom is 0.174 e. The van der Waals surface area contributed by atoms with Gasteiger partial charge in [0, 0.05) is 12.3 Å². The van der Waals surface area contributed by atoms with Gasteiger partial charge in [-0.3, -0.25) is 0 Å². The maximum atomic E-state index is 4.66. The molecule has 2 rings (SSSR count). The van der Waals surface area contributed by atoms with Crippen molar-refractivity contribution in [2.45, 2.75) is 6.92 Å². The zero-order chi connectivity index (χ0) is 9.10. The lowest BCUT2D eigenvalue weighted by molar-refractivity contribution is 0.423. The second kappa shape index (κ2) is 3.22. The second-order valence-corrected chi connectivity index (χ2v) is 2.50. The summed E-state index contributed by atoms with van der Waals surface area (Å²) < 4.78 is 4.66. The monoisotopic (exact) mass is 176 g/mol. The SMILES string of the molecule is Cc1nccc(Nc2ccon2)n1. The van der Waals surface area contributed by atoms with E-state index in [2.05, 4.69) is 25.0 Å². The highest BCUT2D eigenvalue weighted by Crippen LogP contribution is 2.10. The van der Waals surface area contributed by atoms with Crippen molar-refractivity contribution in [2.24, 2.45) is 0 Å². The van der Waals surface area contributed by atoms with E-state index in [4.69, 9.17) is 0 Å². The van der Waals surface area contributed by atoms with Gasteiger partial charge in [0.25, 0.3) is 0 Å². The summed E-state index contributed by atoms with van der Waals surface area (Å²) in [6, 6.07) is 3.49. The van der Waals surface area contributed by atoms with E-state index in [1.807, 2.05) is 6.92 Å². The van der Waals surface area contributed by atoms with Crippen LogP contribution in [0.1, 0.15) is 5.82 Å². The summed E-state index contributed by atoms with van der Waals surface area (Å²) in [6.07, 6.45) is 3.18. The minimum atomic E-state index is 0.637. The van der Waals surface area contributed by atoms with Gasteiger partial charge in [0.2, 0.25) is 0 Å². The van der Waals surface area contributed by atoms with Gasteiger partial charge in [0.05, 0.1) is 0 Å². The molecular formula is C8H8N4O. The summed E-state index contributed by atoms with van der Waals surface area (Å²) in [4.78, 5) is 8.12. The molecule has 0 amide bonds. The Bertz CT molecular complexity index is 385. The normalized spacial score (nSPS) is 9.92. The van der Waals surface area contributed by atoms with E-state index in [0.29, 0.717) is 17.5 Å². The van der Waals surface area contributed by atoms with E-state index in [-0.39, 0.29) is 0 Å². The van der Waals surface area contributed by atoms with Gasteiger partial charge < -0.3 is 9.84 Å². The molecule has 0 aliphatic carbocycles. The van der Waals surface area contributed by atoms with Crippen molar-refractivity contribution in [2.75, 3.05) is 5.32 Å². The van der Waals surface area contributed by atoms with Crippen molar-refractivity contribution < 1.29 is 4.52 Å². The lowest BCUT2D eigenvalue weighted by atomic mass is 10.5. The predicted molar refractivity (Wildman–Crippen MR) is 46.6 cm³/mol. The molecule has 0 saturated heterocycles. The maximum absolute atomic E-state index is 4.66. The Kier molecular flexibility index (Phi) is 1.91. The van der Waals surface area contributed by atoms with E-state index in [1.54, 1.807) is 18.3 Å². The Hall–Kier alpha value is -1.91. The Balaban J connectivity index is 2.19. The molecule has 5 nitrogen and oxygen atoms in total. The van der Waals surface area contributed by atoms with Gasteiger partial charge in [-0.1, -0.05) is 5.16 Å². The predicted octanol–water partition coefficient (Wildman–Crippen LogP) is 1.52. The van der Waals surface area contributed by atoms with Crippen LogP contribution in [0.3, 0.4) is 0 Å². The van der Waals surface area contributed by atoms with Crippen molar-refractivity contribution in [1.29, 1.82) is 0 Å². The van der Waals surface area contributed by atoms with Crippen LogP contribution in [0.4, 0.5) is 11.6 Å². The van der Waals surface area contributed by atoms with E-state index >= 15 is 0 Å². The van der Waals surface area contributed by atoms with Crippen LogP contribution in [-0.4, -0.2) is 15.1 Å². The van der Waals surface area contributed by atoms with Crippen molar-refractivity contribution in [3.05, 3.63) is 30.4 Å². The lowest BCUT2D eigenvalue weighted by Gasteiger charge is -2.00. The van der Waals surface area contributed by atoms with E-state index in [1.165, 1.54) is 6.26 Å². The molecule has 2 aromatic rings. The molecule has 0 saturated carbocycles. The van der Waals surface area contributed by atoms with Gasteiger partial charge in [-0.25, -0.2) is 9.97 Å². The van der Waals surface area contributed by atoms with E-state index in [0.717, 1.165) is 0 Å². The molecule has 1 N–H and O–H groups in total. The third kappa shape index (κ3) is 1.81. The highest BCUT2D eigenvalue weighted by Gasteiger charge is 1.98. The summed E-state index contributed by atoms with van der Waals surface area (Å²) >= 11 is 0. The summed E-state index contributed by atoms with van der Waals surface area (Å²) in [6.45, 7) is 1.83. The number of nitrogens with one attached hydrogen (secondary N) is 1. The molecule has 5 heteroatoms. The Morgan fingerprint density at radius 3 is 2.92 bits per heavy atom. The second-order valence-electron chi connectivity index (χ2n) is 2.50. The van der Waals surface area contributed by atoms with Crippen molar-refractivity contribution in [3.8, 4) is 0 Å². The number of nitrogens with zero attached hydrogens (tertiary/aromatic N) is 3. The van der Waals surface area contributed by atoms with Crippen LogP contribution in [0.15, 0.2) is 29.1 Å². The van der Waals surface area contributed by atoms with Crippen LogP contribution >= 0.6 is 0 Å². The van der Waals surface area contributed by atoms with Crippen LogP contribution in [-0.2, 0) is 0 Å². The van der Waals surface area contributed by atoms with Gasteiger partial charge in [-0.15, -0.1) is 0 Å². The molecule has 13 heavy (non-hydrogen) atoms. The molecule has 0 spiro atoms. The number of hydrogen-bond acceptors (Lipinski definition) is 5. The Labute approximate surface area is 74.8 Å². The number of hydrogen-bond donors (Lipinski definition) is 1. The molecular weight excluding hydrogens is 168 g/mol. The van der Waals surface area contributed by atoms with Gasteiger partial charge in [-0.05, 0) is 13.0 Å². The fraction of sp³-hybridized carbons (Fsp3) is 0.125. The molecule has 0 aliphatic heterocycles. The zero-order valence-corrected chi connectivity index (χ0v) is 7.06. The molecule has 0 aromatic carbocycles. The van der Waals surface area contributed by atoms with Crippen molar-refractivity contribution in [1.82, 2.24) is 15.1 Å². The quantitative estimate of drug-likeness (QED) is 0.751. The molecule has 0 aliphatic rings. The molecule has 66 valence electrons. The fourth-order valence-electron chi connectivity index (χ4n) is 0.934. The van der Waals surface area contributed by atoms with Crippen LogP contribution in [0.2, 0.25) is 0 Å². The summed E-state index contributed by atoms with van der Waals surface area (Å²) in [5, 5.41) is 6.66. The molecule has 0 atom stereocenters. The van der Waals surface area contributed by atoms with E-state index in [9.17, 15) is 0 Å². The standard InChI is InChI=1S/C8H8N4O/c1-6-9-4-2-7(10-6)11-8-3-5-13-12-8/h2-5H,1H3,(H,9,10,11,12). The first kappa shape index (κ1) is 7.72. The Morgan fingerprint density at radius 1 is 1.31 bits per heavy atom. The zero-order valence-electron chi connectivity index (χ0n) is 7.06. The molecule has 2 aromatic heterocycles. The molecule has 2 heterocycles. The van der Waals surface area contributed by atoms with Crippen LogP contribution < -0.4 is 5.32 Å². The average molecular weight is 176 g/mol. The van der Waals surface area contributed by atoms with Gasteiger partial charge in [0.1, 0.15) is 17.9 Å². The molecule has 0 unspecified atom stereocenters. The summed E-state index contributed by atoms with van der Waals surface area (Å²) in [5.41, 5.74) is 0. The number of aryl methyl sites for hydroxylation is 1. The van der Waals surface area contributed by atoms with Gasteiger partial charge in [0.15, 0.2) is 5.82 Å². The largest absolute Gasteiger partial charge is 0.363 e. The molecule has 0 fully saturated rings. The first-order chi connectivity index (χ1) is 6.34. The minimum Gasteiger partial charge on any atom is -0.363 e. The third-order valence-corrected chi connectivity index (χ3v) is 1.47. The van der Waals surface area contributed by atoms with Crippen LogP contribution in [0, 0.1) is 6.92 Å². The summed E-state index contributed by atoms with van der Waals surface area (Å²) in [5.74, 6) is 2.06. The number of aromatic nitrogens is 3. The minimum absolute atomic E-state index is 0.637. The summed E-state index contributed by atoms with van der Waals surface area (Å²) in [7, 11) is 0. The van der Waals surface area contributed by atoms with Gasteiger partial charge in [-0.2, -0.15) is 0 Å². The first-order valence-electron chi connectivity index (χ1n) is 3.81. The first-order valence-corrected chi connectivity index (χ1v) is 3.81. The van der Waals surface area contributed by atoms with Crippen LogP contribution in [0.25, 0.3) is 0 Å². The Morgan fingerprint density at radius 2 is 2.23 bits per heavy atom. The fourth-order valence-corrected chi connectivity index (χ4v) is 0.934. The smallest absolute Gasteiger partial charge is 0.174 e. The number of rotatable bonds is 2. The number of anilines is 2. The molecule has 0 bridgehead atoms. The van der Waals surface area contributed by atoms with Crippen molar-refractivity contribution in [3.63, 3.8) is 0 Å². The highest BCUT2D eigenvalue weighted by molar-refractivity contribution is 5.49. The van der Waals surface area contributed by atoms with Crippen LogP contribution in [0.5, 0.6) is 0 Å². The van der Waals surface area contributed by atoms with E-state index < -0.39 is 0 Å². The van der Waals surface area contributed by atoms with Crippen molar-refractivity contribution >= 4 is 11.6 Å². The van der Waals surface area contributed by atoms with Gasteiger partial charge >= 0.3 is 0 Å². The highest BCUT2D eigenvalue weighted by atomic mass is 16.5. The topological polar surface area (TPSA) is 63.8 Å². The third-order valence-electron chi connectivity index (χ3n) is 1.47. The molecule has 0 radical (unpaired) electrons.